The van der Waals surface area contributed by atoms with E-state index >= 15 is 0 Å². The monoisotopic (exact) mass is 311 g/mol. The maximum atomic E-state index is 4.53. The molecule has 0 saturated heterocycles. The van der Waals surface area contributed by atoms with Crippen LogP contribution in [0.2, 0.25) is 0 Å². The van der Waals surface area contributed by atoms with E-state index in [1.54, 1.807) is 18.4 Å². The van der Waals surface area contributed by atoms with Gasteiger partial charge in [-0.1, -0.05) is 6.92 Å². The number of nitrogens with one attached hydrogen (secondary N) is 2. The summed E-state index contributed by atoms with van der Waals surface area (Å²) in [7, 11) is 1.80. The SMILES string of the molecule is CCN(CCNC(=NC)NCc1nc(C)c(C)s1)C(C)C. The maximum Gasteiger partial charge on any atom is 0.191 e. The Morgan fingerprint density at radius 2 is 2.05 bits per heavy atom. The van der Waals surface area contributed by atoms with Gasteiger partial charge in [0.25, 0.3) is 0 Å². The van der Waals surface area contributed by atoms with Crippen molar-refractivity contribution in [2.45, 2.75) is 47.2 Å². The standard InChI is InChI=1S/C15H29N5S/c1-7-20(11(2)3)9-8-17-15(16-6)18-10-14-19-12(4)13(5)21-14/h11H,7-10H2,1-6H3,(H2,16,17,18). The molecule has 0 saturated carbocycles. The van der Waals surface area contributed by atoms with Crippen LogP contribution in [0.5, 0.6) is 0 Å². The minimum absolute atomic E-state index is 0.577. The summed E-state index contributed by atoms with van der Waals surface area (Å²) < 4.78 is 0. The van der Waals surface area contributed by atoms with Crippen molar-refractivity contribution in [3.8, 4) is 0 Å². The highest BCUT2D eigenvalue weighted by molar-refractivity contribution is 7.11. The quantitative estimate of drug-likeness (QED) is 0.598. The van der Waals surface area contributed by atoms with Crippen molar-refractivity contribution in [3.05, 3.63) is 15.6 Å². The number of aliphatic imine (C=N–C) groups is 1. The molecule has 1 rings (SSSR count). The van der Waals surface area contributed by atoms with Crippen LogP contribution in [0.4, 0.5) is 0 Å². The molecule has 1 aromatic rings. The van der Waals surface area contributed by atoms with Crippen LogP contribution in [0.15, 0.2) is 4.99 Å². The Bertz CT molecular complexity index is 433. The van der Waals surface area contributed by atoms with Gasteiger partial charge in [-0.15, -0.1) is 11.3 Å². The average Bonchev–Trinajstić information content (AvgIpc) is 2.76. The van der Waals surface area contributed by atoms with Gasteiger partial charge < -0.3 is 10.6 Å². The van der Waals surface area contributed by atoms with Crippen molar-refractivity contribution < 1.29 is 0 Å². The molecular formula is C15H29N5S. The molecule has 0 aliphatic carbocycles. The molecule has 1 heterocycles. The maximum absolute atomic E-state index is 4.53. The molecule has 120 valence electrons. The largest absolute Gasteiger partial charge is 0.355 e. The van der Waals surface area contributed by atoms with Gasteiger partial charge >= 0.3 is 0 Å². The number of aryl methyl sites for hydroxylation is 2. The minimum atomic E-state index is 0.577. The number of rotatable bonds is 7. The van der Waals surface area contributed by atoms with Crippen molar-refractivity contribution >= 4 is 17.3 Å². The molecule has 0 radical (unpaired) electrons. The van der Waals surface area contributed by atoms with Crippen LogP contribution in [-0.2, 0) is 6.54 Å². The van der Waals surface area contributed by atoms with Gasteiger partial charge in [-0.05, 0) is 34.2 Å². The van der Waals surface area contributed by atoms with Gasteiger partial charge in [-0.25, -0.2) is 4.98 Å². The lowest BCUT2D eigenvalue weighted by molar-refractivity contribution is 0.237. The van der Waals surface area contributed by atoms with Gasteiger partial charge in [-0.2, -0.15) is 0 Å². The van der Waals surface area contributed by atoms with E-state index in [4.69, 9.17) is 0 Å². The Morgan fingerprint density at radius 1 is 1.33 bits per heavy atom. The van der Waals surface area contributed by atoms with Crippen LogP contribution in [-0.4, -0.2) is 48.6 Å². The zero-order valence-electron chi connectivity index (χ0n) is 14.2. The number of likely N-dealkylation sites (N-methyl/N-ethyl adjacent to an activating group) is 1. The molecule has 1 aromatic heterocycles. The highest BCUT2D eigenvalue weighted by Crippen LogP contribution is 2.15. The molecule has 0 aliphatic heterocycles. The molecule has 5 nitrogen and oxygen atoms in total. The van der Waals surface area contributed by atoms with E-state index in [0.717, 1.165) is 42.8 Å². The average molecular weight is 311 g/mol. The van der Waals surface area contributed by atoms with Crippen molar-refractivity contribution in [3.63, 3.8) is 0 Å². The Balaban J connectivity index is 2.35. The van der Waals surface area contributed by atoms with Crippen molar-refractivity contribution in [2.75, 3.05) is 26.7 Å². The number of hydrogen-bond acceptors (Lipinski definition) is 4. The smallest absolute Gasteiger partial charge is 0.191 e. The Labute approximate surface area is 132 Å². The summed E-state index contributed by atoms with van der Waals surface area (Å²) in [5.41, 5.74) is 1.12. The Kier molecular flexibility index (Phi) is 7.67. The first-order valence-corrected chi connectivity index (χ1v) is 8.41. The van der Waals surface area contributed by atoms with Gasteiger partial charge in [-0.3, -0.25) is 9.89 Å². The molecule has 0 fully saturated rings. The fourth-order valence-electron chi connectivity index (χ4n) is 2.09. The second-order valence-electron chi connectivity index (χ2n) is 5.32. The van der Waals surface area contributed by atoms with Gasteiger partial charge in [0.2, 0.25) is 0 Å². The summed E-state index contributed by atoms with van der Waals surface area (Å²) in [5.74, 6) is 0.834. The third-order valence-corrected chi connectivity index (χ3v) is 4.60. The zero-order chi connectivity index (χ0) is 15.8. The summed E-state index contributed by atoms with van der Waals surface area (Å²) in [4.78, 5) is 12.5. The summed E-state index contributed by atoms with van der Waals surface area (Å²) in [6, 6.07) is 0.577. The molecule has 0 bridgehead atoms. The second kappa shape index (κ2) is 9.00. The van der Waals surface area contributed by atoms with E-state index in [9.17, 15) is 0 Å². The predicted octanol–water partition coefficient (Wildman–Crippen LogP) is 2.16. The van der Waals surface area contributed by atoms with Crippen LogP contribution in [0.1, 0.15) is 36.3 Å². The predicted molar refractivity (Wildman–Crippen MR) is 92.2 cm³/mol. The summed E-state index contributed by atoms with van der Waals surface area (Å²) >= 11 is 1.74. The lowest BCUT2D eigenvalue weighted by atomic mass is 10.3. The number of nitrogens with zero attached hydrogens (tertiary/aromatic N) is 3. The fourth-order valence-corrected chi connectivity index (χ4v) is 2.97. The van der Waals surface area contributed by atoms with Crippen LogP contribution in [0.3, 0.4) is 0 Å². The van der Waals surface area contributed by atoms with Crippen LogP contribution < -0.4 is 10.6 Å². The molecule has 0 spiro atoms. The van der Waals surface area contributed by atoms with E-state index in [1.165, 1.54) is 4.88 Å². The second-order valence-corrected chi connectivity index (χ2v) is 6.61. The molecule has 0 amide bonds. The van der Waals surface area contributed by atoms with Gasteiger partial charge in [0.05, 0.1) is 12.2 Å². The first kappa shape index (κ1) is 17.9. The number of aromatic nitrogens is 1. The topological polar surface area (TPSA) is 52.5 Å². The summed E-state index contributed by atoms with van der Waals surface area (Å²) in [6.45, 7) is 14.5. The molecular weight excluding hydrogens is 282 g/mol. The van der Waals surface area contributed by atoms with Crippen LogP contribution in [0, 0.1) is 13.8 Å². The highest BCUT2D eigenvalue weighted by atomic mass is 32.1. The normalized spacial score (nSPS) is 12.3. The third-order valence-electron chi connectivity index (χ3n) is 3.53. The molecule has 6 heteroatoms. The van der Waals surface area contributed by atoms with E-state index in [2.05, 4.69) is 53.2 Å². The number of hydrogen-bond donors (Lipinski definition) is 2. The highest BCUT2D eigenvalue weighted by Gasteiger charge is 2.07. The molecule has 0 aromatic carbocycles. The fraction of sp³-hybridized carbons (Fsp3) is 0.733. The summed E-state index contributed by atoms with van der Waals surface area (Å²) in [5, 5.41) is 7.77. The van der Waals surface area contributed by atoms with Gasteiger partial charge in [0.15, 0.2) is 5.96 Å². The third kappa shape index (κ3) is 6.01. The van der Waals surface area contributed by atoms with Crippen molar-refractivity contribution in [1.82, 2.24) is 20.5 Å². The minimum Gasteiger partial charge on any atom is -0.355 e. The van der Waals surface area contributed by atoms with E-state index in [1.807, 2.05) is 6.92 Å². The van der Waals surface area contributed by atoms with Crippen molar-refractivity contribution in [2.24, 2.45) is 4.99 Å². The van der Waals surface area contributed by atoms with Gasteiger partial charge in [0, 0.05) is 31.1 Å². The molecule has 21 heavy (non-hydrogen) atoms. The Hall–Kier alpha value is -1.14. The molecule has 2 N–H and O–H groups in total. The molecule has 0 atom stereocenters. The zero-order valence-corrected chi connectivity index (χ0v) is 15.0. The first-order valence-electron chi connectivity index (χ1n) is 7.59. The molecule has 0 aliphatic rings. The lowest BCUT2D eigenvalue weighted by Gasteiger charge is -2.25. The van der Waals surface area contributed by atoms with E-state index in [0.29, 0.717) is 6.04 Å². The van der Waals surface area contributed by atoms with Crippen LogP contribution >= 0.6 is 11.3 Å². The van der Waals surface area contributed by atoms with Gasteiger partial charge in [0.1, 0.15) is 5.01 Å². The molecule has 0 unspecified atom stereocenters. The van der Waals surface area contributed by atoms with Crippen molar-refractivity contribution in [1.29, 1.82) is 0 Å². The first-order chi connectivity index (χ1) is 9.97. The van der Waals surface area contributed by atoms with Crippen LogP contribution in [0.25, 0.3) is 0 Å². The summed E-state index contributed by atoms with van der Waals surface area (Å²) in [6.07, 6.45) is 0. The number of thiazole rings is 1. The lowest BCUT2D eigenvalue weighted by Crippen LogP contribution is -2.42. The Morgan fingerprint density at radius 3 is 2.52 bits per heavy atom. The number of guanidine groups is 1. The van der Waals surface area contributed by atoms with E-state index < -0.39 is 0 Å². The van der Waals surface area contributed by atoms with E-state index in [-0.39, 0.29) is 0 Å².